The highest BCUT2D eigenvalue weighted by atomic mass is 16.3. The first-order valence-electron chi connectivity index (χ1n) is 9.16. The van der Waals surface area contributed by atoms with Crippen molar-refractivity contribution in [2.45, 2.75) is 12.5 Å². The number of nitrogens with one attached hydrogen (secondary N) is 1. The Balaban J connectivity index is 1.59. The average Bonchev–Trinajstić information content (AvgIpc) is 3.11. The summed E-state index contributed by atoms with van der Waals surface area (Å²) in [6.45, 7) is 8.43. The average molecular weight is 367 g/mol. The summed E-state index contributed by atoms with van der Waals surface area (Å²) in [5.41, 5.74) is 4.52. The quantitative estimate of drug-likeness (QED) is 0.523. The first-order chi connectivity index (χ1) is 13.7. The highest BCUT2D eigenvalue weighted by Gasteiger charge is 2.35. The smallest absolute Gasteiger partial charge is 0.196 e. The second kappa shape index (κ2) is 6.14. The van der Waals surface area contributed by atoms with Crippen molar-refractivity contribution in [1.29, 1.82) is 0 Å². The Morgan fingerprint density at radius 2 is 1.96 bits per heavy atom. The van der Waals surface area contributed by atoms with Gasteiger partial charge in [0.1, 0.15) is 11.8 Å². The third kappa shape index (κ3) is 2.35. The molecule has 5 heteroatoms. The van der Waals surface area contributed by atoms with Gasteiger partial charge in [-0.3, -0.25) is 4.79 Å². The minimum absolute atomic E-state index is 0.0511. The van der Waals surface area contributed by atoms with Gasteiger partial charge in [0.05, 0.1) is 12.1 Å². The van der Waals surface area contributed by atoms with Gasteiger partial charge in [-0.25, -0.2) is 4.85 Å². The summed E-state index contributed by atoms with van der Waals surface area (Å²) in [6.07, 6.45) is 4.32. The number of Topliss-reactive ketones (excluding diaryl/α,β-unsaturated/α-hetero) is 1. The van der Waals surface area contributed by atoms with E-state index < -0.39 is 0 Å². The van der Waals surface area contributed by atoms with E-state index in [1.54, 1.807) is 24.3 Å². The monoisotopic (exact) mass is 367 g/mol. The van der Waals surface area contributed by atoms with Gasteiger partial charge in [0.2, 0.25) is 0 Å². The third-order valence-corrected chi connectivity index (χ3v) is 5.50. The lowest BCUT2D eigenvalue weighted by molar-refractivity contribution is 0.103. The largest absolute Gasteiger partial charge is 0.507 e. The van der Waals surface area contributed by atoms with Crippen LogP contribution in [0.2, 0.25) is 0 Å². The Kier molecular flexibility index (Phi) is 3.59. The number of carbonyl (C=O) groups excluding carboxylic acids is 1. The van der Waals surface area contributed by atoms with Gasteiger partial charge in [-0.1, -0.05) is 30.3 Å². The summed E-state index contributed by atoms with van der Waals surface area (Å²) in [7, 11) is 0. The molecule has 136 valence electrons. The maximum Gasteiger partial charge on any atom is 0.196 e. The topological polar surface area (TPSA) is 60.7 Å². The van der Waals surface area contributed by atoms with Crippen molar-refractivity contribution in [2.75, 3.05) is 6.54 Å². The maximum atomic E-state index is 12.9. The van der Waals surface area contributed by atoms with E-state index in [1.165, 1.54) is 17.0 Å². The van der Waals surface area contributed by atoms with Crippen molar-refractivity contribution in [3.05, 3.63) is 100 Å². The first-order valence-corrected chi connectivity index (χ1v) is 9.16. The molecule has 1 aromatic heterocycles. The molecule has 3 heterocycles. The van der Waals surface area contributed by atoms with Crippen LogP contribution in [-0.4, -0.2) is 27.3 Å². The lowest BCUT2D eigenvalue weighted by atomic mass is 9.91. The number of ketones is 1. The number of benzene rings is 2. The number of carbonyl (C=O) groups is 1. The molecule has 0 bridgehead atoms. The Labute approximate surface area is 162 Å². The predicted molar refractivity (Wildman–Crippen MR) is 107 cm³/mol. The van der Waals surface area contributed by atoms with Crippen LogP contribution in [0.5, 0.6) is 5.75 Å². The second-order valence-corrected chi connectivity index (χ2v) is 7.06. The van der Waals surface area contributed by atoms with E-state index in [-0.39, 0.29) is 23.1 Å². The Hall–Kier alpha value is -3.78. The summed E-state index contributed by atoms with van der Waals surface area (Å²) in [4.78, 5) is 22.2. The van der Waals surface area contributed by atoms with Crippen LogP contribution in [0.4, 0.5) is 0 Å². The number of nitrogens with zero attached hydrogens (tertiary/aromatic N) is 2. The number of rotatable bonds is 2. The molecule has 0 fully saturated rings. The van der Waals surface area contributed by atoms with Crippen LogP contribution >= 0.6 is 0 Å². The van der Waals surface area contributed by atoms with E-state index in [1.807, 2.05) is 24.4 Å². The highest BCUT2D eigenvalue weighted by molar-refractivity contribution is 6.12. The van der Waals surface area contributed by atoms with Crippen molar-refractivity contribution in [1.82, 2.24) is 9.88 Å². The number of aromatic hydroxyl groups is 1. The van der Waals surface area contributed by atoms with Gasteiger partial charge in [-0.15, -0.1) is 0 Å². The molecule has 0 spiro atoms. The van der Waals surface area contributed by atoms with Crippen LogP contribution in [0.25, 0.3) is 15.7 Å². The molecule has 3 aromatic rings. The molecule has 0 aliphatic carbocycles. The van der Waals surface area contributed by atoms with Crippen molar-refractivity contribution in [2.24, 2.45) is 0 Å². The normalized spacial score (nSPS) is 18.0. The lowest BCUT2D eigenvalue weighted by Gasteiger charge is -2.37. The van der Waals surface area contributed by atoms with Gasteiger partial charge in [0.25, 0.3) is 0 Å². The van der Waals surface area contributed by atoms with Gasteiger partial charge >= 0.3 is 0 Å². The van der Waals surface area contributed by atoms with E-state index in [4.69, 9.17) is 6.57 Å². The number of hydrogen-bond acceptors (Lipinski definition) is 3. The Morgan fingerprint density at radius 3 is 2.79 bits per heavy atom. The minimum Gasteiger partial charge on any atom is -0.507 e. The molecule has 0 saturated heterocycles. The zero-order valence-corrected chi connectivity index (χ0v) is 15.0. The molecule has 5 rings (SSSR count). The molecule has 2 N–H and O–H groups in total. The summed E-state index contributed by atoms with van der Waals surface area (Å²) >= 11 is 0. The van der Waals surface area contributed by atoms with Crippen LogP contribution in [0.1, 0.15) is 27.7 Å². The van der Waals surface area contributed by atoms with Crippen molar-refractivity contribution < 1.29 is 9.90 Å². The molecular formula is C23H17N3O2. The highest BCUT2D eigenvalue weighted by Crippen LogP contribution is 2.42. The second-order valence-electron chi connectivity index (χ2n) is 7.06. The molecule has 2 aromatic carbocycles. The Morgan fingerprint density at radius 1 is 1.18 bits per heavy atom. The van der Waals surface area contributed by atoms with Crippen LogP contribution < -0.4 is 0 Å². The standard InChI is InChI=1S/C23H17N3O2/c1-24-19-12-14(23(28)17-7-3-5-9-20(17)27)13-26-11-10-16-15-6-2-4-8-18(15)25-21(16)22(19)26/h2-9,12-13,22,25,27H,10-11H2. The van der Waals surface area contributed by atoms with Gasteiger partial charge in [-0.05, 0) is 36.3 Å². The molecule has 28 heavy (non-hydrogen) atoms. The number of H-pyrrole nitrogens is 1. The molecule has 0 amide bonds. The molecule has 2 aliphatic heterocycles. The number of fused-ring (bicyclic) bond motifs is 5. The number of aromatic nitrogens is 1. The molecular weight excluding hydrogens is 350 g/mol. The SMILES string of the molecule is [C-]#[N+]C1=CC(C(=O)c2ccccc2O)=CN2CCc3c([nH]c4ccccc34)C12. The van der Waals surface area contributed by atoms with Crippen molar-refractivity contribution >= 4 is 16.7 Å². The zero-order chi connectivity index (χ0) is 19.3. The van der Waals surface area contributed by atoms with E-state index in [0.29, 0.717) is 11.3 Å². The molecule has 0 saturated carbocycles. The fourth-order valence-electron chi connectivity index (χ4n) is 4.21. The van der Waals surface area contributed by atoms with Crippen molar-refractivity contribution in [3.8, 4) is 5.75 Å². The van der Waals surface area contributed by atoms with Gasteiger partial charge < -0.3 is 15.0 Å². The minimum atomic E-state index is -0.278. The fraction of sp³-hybridized carbons (Fsp3) is 0.130. The Bertz CT molecular complexity index is 1230. The fourth-order valence-corrected chi connectivity index (χ4v) is 4.21. The van der Waals surface area contributed by atoms with Crippen LogP contribution in [0.3, 0.4) is 0 Å². The van der Waals surface area contributed by atoms with E-state index in [9.17, 15) is 9.90 Å². The van der Waals surface area contributed by atoms with Crippen LogP contribution in [0.15, 0.2) is 72.1 Å². The number of phenols is 1. The van der Waals surface area contributed by atoms with E-state index in [2.05, 4.69) is 20.8 Å². The van der Waals surface area contributed by atoms with Crippen LogP contribution in [0, 0.1) is 6.57 Å². The number of hydrogen-bond donors (Lipinski definition) is 2. The molecule has 1 atom stereocenters. The number of phenolic OH excluding ortho intramolecular Hbond substituents is 1. The summed E-state index contributed by atoms with van der Waals surface area (Å²) in [5, 5.41) is 11.2. The molecule has 0 radical (unpaired) electrons. The molecule has 2 aliphatic rings. The van der Waals surface area contributed by atoms with Gasteiger partial charge in [0.15, 0.2) is 11.5 Å². The van der Waals surface area contributed by atoms with Crippen molar-refractivity contribution in [3.63, 3.8) is 0 Å². The zero-order valence-electron chi connectivity index (χ0n) is 15.0. The third-order valence-electron chi connectivity index (χ3n) is 5.50. The molecule has 1 unspecified atom stereocenters. The van der Waals surface area contributed by atoms with Gasteiger partial charge in [0, 0.05) is 34.9 Å². The number of allylic oxidation sites excluding steroid dienone is 2. The van der Waals surface area contributed by atoms with E-state index >= 15 is 0 Å². The summed E-state index contributed by atoms with van der Waals surface area (Å²) in [6, 6.07) is 14.5. The number of aromatic amines is 1. The van der Waals surface area contributed by atoms with E-state index in [0.717, 1.165) is 24.2 Å². The first kappa shape index (κ1) is 16.4. The molecule has 5 nitrogen and oxygen atoms in total. The van der Waals surface area contributed by atoms with Crippen LogP contribution in [-0.2, 0) is 6.42 Å². The lowest BCUT2D eigenvalue weighted by Crippen LogP contribution is -2.34. The van der Waals surface area contributed by atoms with Gasteiger partial charge in [-0.2, -0.15) is 0 Å². The summed E-state index contributed by atoms with van der Waals surface area (Å²) in [5.74, 6) is -0.329. The summed E-state index contributed by atoms with van der Waals surface area (Å²) < 4.78 is 0. The maximum absolute atomic E-state index is 12.9. The number of para-hydroxylation sites is 2. The predicted octanol–water partition coefficient (Wildman–Crippen LogP) is 4.36.